The van der Waals surface area contributed by atoms with E-state index in [0.717, 1.165) is 0 Å². The molecular weight excluding hydrogens is 173 g/mol. The second-order valence-corrected chi connectivity index (χ2v) is 1.35. The van der Waals surface area contributed by atoms with Crippen LogP contribution in [0.5, 0.6) is 0 Å². The lowest BCUT2D eigenvalue weighted by atomic mass is 16.0. The van der Waals surface area contributed by atoms with Crippen LogP contribution in [0.4, 0.5) is 0 Å². The Kier molecular flexibility index (Phi) is 2.17. The molecule has 0 unspecified atom stereocenters. The maximum Gasteiger partial charge on any atom is 0.503 e. The van der Waals surface area contributed by atoms with Gasteiger partial charge in [0, 0.05) is 0 Å². The van der Waals surface area contributed by atoms with Gasteiger partial charge in [-0.15, -0.1) is 0 Å². The van der Waals surface area contributed by atoms with Gasteiger partial charge in [-0.1, -0.05) is 0 Å². The van der Waals surface area contributed by atoms with Crippen molar-refractivity contribution in [1.82, 2.24) is 0 Å². The highest BCUT2D eigenvalue weighted by Crippen LogP contribution is 0.251. The number of rotatable bonds is 0. The van der Waals surface area contributed by atoms with Crippen LogP contribution in [0.3, 0.4) is 0 Å². The van der Waals surface area contributed by atoms with E-state index >= 15 is 0 Å². The second kappa shape index (κ2) is 1.89. The standard InChI is InChI=1S/HIO3/c2-1(3)4/h2H/i1-2. The van der Waals surface area contributed by atoms with Gasteiger partial charge >= 0.3 is 21.1 Å². The van der Waals surface area contributed by atoms with Crippen molar-refractivity contribution in [2.45, 2.75) is 0 Å². The van der Waals surface area contributed by atoms with Gasteiger partial charge < -0.3 is 6.87 Å². The summed E-state index contributed by atoms with van der Waals surface area (Å²) in [4.78, 5) is 0. The number of hydrogen-bond acceptors (Lipinski definition) is 3. The molecule has 0 aliphatic heterocycles. The fourth-order valence-electron chi connectivity index (χ4n) is 0. The third kappa shape index (κ3) is 18.2. The molecule has 4 heavy (non-hydrogen) atoms. The Morgan fingerprint density at radius 2 is 1.50 bits per heavy atom. The predicted octanol–water partition coefficient (Wildman–Crippen LogP) is -5.93. The van der Waals surface area contributed by atoms with Crippen molar-refractivity contribution >= 4 is 0 Å². The maximum atomic E-state index is 8.68. The highest BCUT2D eigenvalue weighted by molar-refractivity contribution is 1.94. The van der Waals surface area contributed by atoms with E-state index in [-0.39, 0.29) is 0 Å². The molecule has 0 aromatic carbocycles. The summed E-state index contributed by atoms with van der Waals surface area (Å²) in [5.74, 6) is 0. The Balaban J connectivity index is 2.32. The third-order valence-electron chi connectivity index (χ3n) is 0. The van der Waals surface area contributed by atoms with Crippen molar-refractivity contribution in [2.75, 3.05) is 0 Å². The van der Waals surface area contributed by atoms with Crippen molar-refractivity contribution in [3.63, 3.8) is 0 Å². The summed E-state index contributed by atoms with van der Waals surface area (Å²) >= 11 is -3.76. The first kappa shape index (κ1) is 4.61. The average Bonchev–Trinajstić information content (AvgIpc) is 0.811. The van der Waals surface area contributed by atoms with E-state index < -0.39 is 21.1 Å². The first-order valence-electron chi connectivity index (χ1n) is 0.478. The largest absolute Gasteiger partial charge is 0.503 e. The lowest BCUT2D eigenvalue weighted by molar-refractivity contribution is -1.63. The summed E-state index contributed by atoms with van der Waals surface area (Å²) in [6, 6.07) is 0. The Morgan fingerprint density at radius 3 is 1.50 bits per heavy atom. The molecule has 4 heteroatoms. The molecule has 0 saturated heterocycles. The van der Waals surface area contributed by atoms with Crippen LogP contribution in [0, 0.1) is 0 Å². The van der Waals surface area contributed by atoms with E-state index in [4.69, 9.17) is 10.3 Å². The monoisotopic (exact) mass is 174 g/mol. The molecule has 0 saturated carbocycles. The van der Waals surface area contributed by atoms with Crippen LogP contribution in [0.1, 0.15) is 0 Å². The molecule has 0 fully saturated rings. The SMILES string of the molecule is [O-][125I+2]([O-])O. The molecule has 0 atom stereocenters. The lowest BCUT2D eigenvalue weighted by Gasteiger charge is -1.67. The van der Waals surface area contributed by atoms with Gasteiger partial charge in [-0.05, 0) is 3.44 Å². The van der Waals surface area contributed by atoms with E-state index in [1.54, 1.807) is 0 Å². The van der Waals surface area contributed by atoms with Crippen molar-refractivity contribution < 1.29 is 31.4 Å². The first-order chi connectivity index (χ1) is 1.73. The van der Waals surface area contributed by atoms with Crippen LogP contribution in [-0.2, 0) is 0 Å². The van der Waals surface area contributed by atoms with Gasteiger partial charge in [0.25, 0.3) is 0 Å². The first-order valence-corrected chi connectivity index (χ1v) is 3.20. The summed E-state index contributed by atoms with van der Waals surface area (Å²) in [7, 11) is 0. The molecule has 26 valence electrons. The summed E-state index contributed by atoms with van der Waals surface area (Å²) in [5.41, 5.74) is 0. The minimum absolute atomic E-state index is 3.76. The zero-order chi connectivity index (χ0) is 3.58. The fourth-order valence-corrected chi connectivity index (χ4v) is 0. The average molecular weight is 174 g/mol. The van der Waals surface area contributed by atoms with Crippen LogP contribution in [0.15, 0.2) is 0 Å². The van der Waals surface area contributed by atoms with Gasteiger partial charge in [-0.25, -0.2) is 0 Å². The van der Waals surface area contributed by atoms with Crippen molar-refractivity contribution in [1.29, 1.82) is 0 Å². The highest BCUT2D eigenvalue weighted by atomic mass is 125. The molecule has 0 bridgehead atoms. The van der Waals surface area contributed by atoms with Crippen molar-refractivity contribution in [3.05, 3.63) is 0 Å². The van der Waals surface area contributed by atoms with Gasteiger partial charge in [0.1, 0.15) is 0 Å². The Morgan fingerprint density at radius 1 is 1.50 bits per heavy atom. The van der Waals surface area contributed by atoms with Crippen LogP contribution in [0.25, 0.3) is 0 Å². The normalized spacial score (nSPS) is 9.00. The maximum absolute atomic E-state index is 8.68. The van der Waals surface area contributed by atoms with Gasteiger partial charge in [-0.3, -0.25) is 0 Å². The number of halogens is 1. The summed E-state index contributed by atoms with van der Waals surface area (Å²) in [6.07, 6.45) is 0. The summed E-state index contributed by atoms with van der Waals surface area (Å²) in [6.45, 7) is 0. The molecule has 0 aromatic rings. The highest BCUT2D eigenvalue weighted by Gasteiger charge is 1.89. The molecule has 3 nitrogen and oxygen atoms in total. The van der Waals surface area contributed by atoms with E-state index in [1.807, 2.05) is 0 Å². The summed E-state index contributed by atoms with van der Waals surface area (Å²) < 4.78 is 24.5. The Bertz CT molecular complexity index is 8.00. The predicted molar refractivity (Wildman–Crippen MR) is 2.22 cm³/mol. The molecule has 0 spiro atoms. The van der Waals surface area contributed by atoms with Gasteiger partial charge in [0.15, 0.2) is 0 Å². The van der Waals surface area contributed by atoms with Crippen LogP contribution >= 0.6 is 0 Å². The quantitative estimate of drug-likeness (QED) is 0.372. The molecule has 0 aliphatic carbocycles. The zero-order valence-corrected chi connectivity index (χ0v) is 3.80. The van der Waals surface area contributed by atoms with E-state index in [9.17, 15) is 0 Å². The molecule has 0 aliphatic rings. The Labute approximate surface area is 31.9 Å². The molecule has 0 amide bonds. The van der Waals surface area contributed by atoms with Crippen LogP contribution in [0.2, 0.25) is 0 Å². The summed E-state index contributed by atoms with van der Waals surface area (Å²) in [5, 5.41) is 0. The fraction of sp³-hybridized carbons (Fsp3) is 0. The van der Waals surface area contributed by atoms with Gasteiger partial charge in [0.2, 0.25) is 0 Å². The second-order valence-electron chi connectivity index (χ2n) is 0.201. The van der Waals surface area contributed by atoms with E-state index in [0.29, 0.717) is 0 Å². The molecule has 1 N–H and O–H groups in total. The number of hydrogen-bond donors (Lipinski definition) is 1. The van der Waals surface area contributed by atoms with Gasteiger partial charge in [-0.2, -0.15) is 0 Å². The van der Waals surface area contributed by atoms with Gasteiger partial charge in [0.05, 0.1) is 0 Å². The third-order valence-corrected chi connectivity index (χ3v) is 0. The topological polar surface area (TPSA) is 66.3 Å². The van der Waals surface area contributed by atoms with Crippen LogP contribution < -0.4 is 27.9 Å². The molecule has 0 heterocycles. The minimum atomic E-state index is -3.76. The van der Waals surface area contributed by atoms with E-state index in [2.05, 4.69) is 0 Å². The zero-order valence-electron chi connectivity index (χ0n) is 1.64. The molecule has 0 radical (unpaired) electrons. The molecular formula is HIO3. The van der Waals surface area contributed by atoms with Crippen LogP contribution in [-0.4, -0.2) is 3.44 Å². The molecule has 0 rings (SSSR count). The van der Waals surface area contributed by atoms with Crippen molar-refractivity contribution in [2.24, 2.45) is 0 Å². The minimum Gasteiger partial charge on any atom is -0.396 e. The van der Waals surface area contributed by atoms with E-state index in [1.165, 1.54) is 0 Å². The lowest BCUT2D eigenvalue weighted by Crippen LogP contribution is -3.98. The molecule has 0 aromatic heterocycles. The Hall–Kier alpha value is 0.610. The smallest absolute Gasteiger partial charge is 0.396 e. The van der Waals surface area contributed by atoms with Crippen molar-refractivity contribution in [3.8, 4) is 0 Å².